The molecule has 4 aromatic rings. The number of pyridine rings is 1. The van der Waals surface area contributed by atoms with Crippen molar-refractivity contribution >= 4 is 52.4 Å². The van der Waals surface area contributed by atoms with E-state index in [4.69, 9.17) is 21.1 Å². The van der Waals surface area contributed by atoms with Crippen molar-refractivity contribution in [2.24, 2.45) is 16.2 Å². The topological polar surface area (TPSA) is 202 Å². The maximum absolute atomic E-state index is 14.2. The highest BCUT2D eigenvalue weighted by atomic mass is 35.5. The molecule has 0 spiro atoms. The maximum atomic E-state index is 14.2. The van der Waals surface area contributed by atoms with Crippen molar-refractivity contribution in [1.29, 1.82) is 5.26 Å². The van der Waals surface area contributed by atoms with Crippen LogP contribution in [0.3, 0.4) is 0 Å². The lowest BCUT2D eigenvalue weighted by atomic mass is 9.49. The van der Waals surface area contributed by atoms with Crippen LogP contribution in [0.15, 0.2) is 66.3 Å². The average Bonchev–Trinajstić information content (AvgIpc) is 3.87. The van der Waals surface area contributed by atoms with Crippen LogP contribution in [0, 0.1) is 34.5 Å². The van der Waals surface area contributed by atoms with Gasteiger partial charge in [0.1, 0.15) is 42.4 Å². The summed E-state index contributed by atoms with van der Waals surface area (Å²) in [5.41, 5.74) is 4.06. The van der Waals surface area contributed by atoms with Gasteiger partial charge in [0.2, 0.25) is 17.7 Å². The molecule has 1 saturated carbocycles. The van der Waals surface area contributed by atoms with Gasteiger partial charge in [-0.05, 0) is 67.6 Å². The Morgan fingerprint density at radius 1 is 0.986 bits per heavy atom. The van der Waals surface area contributed by atoms with Gasteiger partial charge in [0, 0.05) is 68.3 Å². The number of amides is 4. The maximum Gasteiger partial charge on any atom is 0.253 e. The lowest BCUT2D eigenvalue weighted by molar-refractivity contribution is -0.164. The van der Waals surface area contributed by atoms with E-state index in [2.05, 4.69) is 69.5 Å². The Bertz CT molecular complexity index is 2580. The second kappa shape index (κ2) is 22.0. The molecule has 1 aliphatic carbocycles. The highest BCUT2D eigenvalue weighted by Crippen LogP contribution is 2.55. The third kappa shape index (κ3) is 12.2. The summed E-state index contributed by atoms with van der Waals surface area (Å²) in [6, 6.07) is 16.3. The number of aliphatic hydroxyl groups is 1. The van der Waals surface area contributed by atoms with Crippen LogP contribution in [-0.2, 0) is 19.1 Å². The summed E-state index contributed by atoms with van der Waals surface area (Å²) in [7, 11) is 0. The summed E-state index contributed by atoms with van der Waals surface area (Å²) in [5, 5.41) is 29.4. The smallest absolute Gasteiger partial charge is 0.253 e. The third-order valence-electron chi connectivity index (χ3n) is 14.2. The number of carbonyl (C=O) groups is 4. The first-order valence-corrected chi connectivity index (χ1v) is 25.6. The van der Waals surface area contributed by atoms with E-state index in [1.165, 1.54) is 4.90 Å². The zero-order valence-corrected chi connectivity index (χ0v) is 43.8. The van der Waals surface area contributed by atoms with Gasteiger partial charge >= 0.3 is 0 Å². The first-order valence-electron chi connectivity index (χ1n) is 24.4. The fraction of sp³-hybridized carbons (Fsp3) is 0.528. The van der Waals surface area contributed by atoms with Gasteiger partial charge in [-0.1, -0.05) is 84.3 Å². The average molecular weight is 1010 g/mol. The molecule has 2 aromatic carbocycles. The fourth-order valence-electron chi connectivity index (χ4n) is 10.5. The van der Waals surface area contributed by atoms with E-state index in [-0.39, 0.29) is 49.6 Å². The van der Waals surface area contributed by atoms with Crippen molar-refractivity contribution in [3.63, 3.8) is 0 Å². The summed E-state index contributed by atoms with van der Waals surface area (Å²) < 4.78 is 12.2. The molecule has 380 valence electrons. The van der Waals surface area contributed by atoms with E-state index in [1.807, 2.05) is 70.5 Å². The number of halogens is 1. The number of carbonyl (C=O) groups excluding carboxylic acids is 4. The van der Waals surface area contributed by atoms with Crippen molar-refractivity contribution in [3.8, 4) is 22.3 Å². The Labute approximate surface area is 426 Å². The van der Waals surface area contributed by atoms with Crippen LogP contribution in [0.1, 0.15) is 101 Å². The van der Waals surface area contributed by atoms with Crippen LogP contribution in [0.5, 0.6) is 5.75 Å². The zero-order chi connectivity index (χ0) is 51.4. The number of anilines is 1. The van der Waals surface area contributed by atoms with Crippen LogP contribution < -0.4 is 25.6 Å². The summed E-state index contributed by atoms with van der Waals surface area (Å²) in [4.78, 5) is 70.7. The van der Waals surface area contributed by atoms with Crippen molar-refractivity contribution < 1.29 is 33.8 Å². The molecule has 3 aliphatic rings. The number of benzene rings is 2. The Balaban J connectivity index is 0.844. The molecule has 4 atom stereocenters. The summed E-state index contributed by atoms with van der Waals surface area (Å²) in [5.74, 6) is -0.102. The molecule has 18 heteroatoms. The molecular weight excluding hydrogens is 942 g/mol. The fourth-order valence-corrected chi connectivity index (χ4v) is 11.5. The third-order valence-corrected chi connectivity index (χ3v) is 15.5. The van der Waals surface area contributed by atoms with Gasteiger partial charge in [-0.15, -0.1) is 11.3 Å². The molecule has 3 fully saturated rings. The SMILES string of the molecule is Cc1ncsc1-c1ccc([C@H](C)NC(=O)[C@@H]2C[C@@H](O)CN2C(=O)[C@@H](NC(=O)COCCN2CCCN(c3ccc(C(=O)NC4C(C)(C)C(Oc5ccc(C#N)c(Cl)c5)C4(C)C)cn3)CC2)C(C)(C)C)cc1. The normalized spacial score (nSPS) is 21.8. The zero-order valence-electron chi connectivity index (χ0n) is 42.3. The van der Waals surface area contributed by atoms with E-state index in [1.54, 1.807) is 41.8 Å². The van der Waals surface area contributed by atoms with E-state index >= 15 is 0 Å². The van der Waals surface area contributed by atoms with Crippen LogP contribution in [0.4, 0.5) is 5.82 Å². The van der Waals surface area contributed by atoms with E-state index in [0.717, 1.165) is 53.6 Å². The van der Waals surface area contributed by atoms with Crippen LogP contribution in [-0.4, -0.2) is 131 Å². The van der Waals surface area contributed by atoms with Crippen LogP contribution in [0.2, 0.25) is 5.02 Å². The number of nitriles is 1. The molecule has 0 bridgehead atoms. The van der Waals surface area contributed by atoms with E-state index in [9.17, 15) is 29.5 Å². The van der Waals surface area contributed by atoms with E-state index in [0.29, 0.717) is 41.6 Å². The molecule has 71 heavy (non-hydrogen) atoms. The first kappa shape index (κ1) is 53.2. The number of aromatic nitrogens is 2. The first-order chi connectivity index (χ1) is 33.6. The van der Waals surface area contributed by atoms with Gasteiger partial charge in [0.25, 0.3) is 5.91 Å². The van der Waals surface area contributed by atoms with Crippen molar-refractivity contribution in [3.05, 3.63) is 93.7 Å². The number of β-amino-alcohol motifs (C(OH)–C–C–N with tert-alkyl or cyclic N) is 1. The number of nitrogens with one attached hydrogen (secondary N) is 3. The van der Waals surface area contributed by atoms with Gasteiger partial charge in [-0.2, -0.15) is 5.26 Å². The van der Waals surface area contributed by atoms with Crippen LogP contribution >= 0.6 is 22.9 Å². The number of nitrogens with zero attached hydrogens (tertiary/aromatic N) is 6. The van der Waals surface area contributed by atoms with Crippen LogP contribution in [0.25, 0.3) is 10.4 Å². The number of ether oxygens (including phenoxy) is 2. The quantitative estimate of drug-likeness (QED) is 0.0884. The predicted molar refractivity (Wildman–Crippen MR) is 274 cm³/mol. The molecule has 2 saturated heterocycles. The number of aryl methyl sites for hydroxylation is 1. The predicted octanol–water partition coefficient (Wildman–Crippen LogP) is 6.55. The van der Waals surface area contributed by atoms with Crippen molar-refractivity contribution in [2.75, 3.05) is 57.4 Å². The van der Waals surface area contributed by atoms with Gasteiger partial charge in [0.05, 0.1) is 51.0 Å². The molecular formula is C53H68ClN9O7S. The largest absolute Gasteiger partial charge is 0.489 e. The summed E-state index contributed by atoms with van der Waals surface area (Å²) >= 11 is 7.84. The summed E-state index contributed by atoms with van der Waals surface area (Å²) in [6.45, 7) is 21.4. The molecule has 16 nitrogen and oxygen atoms in total. The number of aliphatic hydroxyl groups excluding tert-OH is 1. The van der Waals surface area contributed by atoms with Gasteiger partial charge in [-0.25, -0.2) is 9.97 Å². The second-order valence-electron chi connectivity index (χ2n) is 21.3. The molecule has 4 heterocycles. The molecule has 0 unspecified atom stereocenters. The number of thiazole rings is 1. The monoisotopic (exact) mass is 1010 g/mol. The minimum atomic E-state index is -0.967. The number of hydrogen-bond donors (Lipinski definition) is 4. The summed E-state index contributed by atoms with van der Waals surface area (Å²) in [6.07, 6.45) is 1.49. The number of hydrogen-bond acceptors (Lipinski definition) is 13. The van der Waals surface area contributed by atoms with Crippen molar-refractivity contribution in [1.82, 2.24) is 35.7 Å². The Morgan fingerprint density at radius 2 is 1.72 bits per heavy atom. The van der Waals surface area contributed by atoms with Gasteiger partial charge in [0.15, 0.2) is 0 Å². The molecule has 4 amide bonds. The Morgan fingerprint density at radius 3 is 2.35 bits per heavy atom. The highest BCUT2D eigenvalue weighted by molar-refractivity contribution is 7.13. The minimum absolute atomic E-state index is 0.0190. The Hall–Kier alpha value is -5.64. The standard InChI is InChI=1S/C53H68ClN9O7S/c1-32(34-11-13-35(14-12-34)44-33(2)57-31-71-44)58-47(67)41-25-38(64)29-63(41)48(68)45(51(3,4)5)59-43(65)30-69-24-23-61-19-10-20-62(22-21-61)42-18-16-37(28-56-42)46(66)60-49-52(6,7)50(53(49,8)9)70-39-17-15-36(27-55)40(54)26-39/h11-18,26,28,31-32,38,41,45,49-50,64H,10,19-25,29-30H2,1-9H3,(H,58,67)(H,59,65)(H,60,66)/t32-,38+,41-,45+,49?,50?/m0/s1. The molecule has 4 N–H and O–H groups in total. The number of likely N-dealkylation sites (tertiary alicyclic amines) is 1. The Kier molecular flexibility index (Phi) is 16.5. The highest BCUT2D eigenvalue weighted by Gasteiger charge is 2.64. The second-order valence-corrected chi connectivity index (χ2v) is 22.6. The van der Waals surface area contributed by atoms with E-state index < -0.39 is 46.2 Å². The molecule has 0 radical (unpaired) electrons. The number of rotatable bonds is 16. The molecule has 2 aromatic heterocycles. The molecule has 7 rings (SSSR count). The lowest BCUT2D eigenvalue weighted by Crippen LogP contribution is -2.74. The minimum Gasteiger partial charge on any atom is -0.489 e. The van der Waals surface area contributed by atoms with Gasteiger partial charge in [-0.3, -0.25) is 24.1 Å². The van der Waals surface area contributed by atoms with Gasteiger partial charge < -0.3 is 40.3 Å². The molecule has 2 aliphatic heterocycles. The van der Waals surface area contributed by atoms with Crippen molar-refractivity contribution in [2.45, 2.75) is 112 Å². The lowest BCUT2D eigenvalue weighted by Gasteiger charge is -2.63.